The zero-order valence-electron chi connectivity index (χ0n) is 16.3. The van der Waals surface area contributed by atoms with E-state index in [-0.39, 0.29) is 5.56 Å². The van der Waals surface area contributed by atoms with Gasteiger partial charge in [-0.25, -0.2) is 13.2 Å². The van der Waals surface area contributed by atoms with Gasteiger partial charge in [-0.2, -0.15) is 0 Å². The van der Waals surface area contributed by atoms with Gasteiger partial charge in [-0.15, -0.1) is 0 Å². The number of sulfonamides is 1. The number of anilines is 1. The number of benzene rings is 2. The maximum Gasteiger partial charge on any atom is 0.324 e. The lowest BCUT2D eigenvalue weighted by Gasteiger charge is -2.31. The second kappa shape index (κ2) is 9.09. The number of carbonyl (C=O) groups excluding carboxylic acids is 2. The van der Waals surface area contributed by atoms with E-state index >= 15 is 0 Å². The van der Waals surface area contributed by atoms with Gasteiger partial charge in [-0.1, -0.05) is 30.3 Å². The molecule has 3 amide bonds. The predicted octanol–water partition coefficient (Wildman–Crippen LogP) is 2.86. The van der Waals surface area contributed by atoms with E-state index in [0.29, 0.717) is 24.7 Å². The molecule has 0 saturated carbocycles. The Kier molecular flexibility index (Phi) is 6.53. The number of piperidine rings is 1. The fourth-order valence-electron chi connectivity index (χ4n) is 3.44. The molecule has 0 atom stereocenters. The highest BCUT2D eigenvalue weighted by molar-refractivity contribution is 7.92. The van der Waals surface area contributed by atoms with Gasteiger partial charge in [-0.05, 0) is 55.0 Å². The van der Waals surface area contributed by atoms with E-state index in [0.717, 1.165) is 25.5 Å². The van der Waals surface area contributed by atoms with Crippen molar-refractivity contribution in [3.8, 4) is 0 Å². The highest BCUT2D eigenvalue weighted by Crippen LogP contribution is 2.21. The van der Waals surface area contributed by atoms with Crippen molar-refractivity contribution in [3.63, 3.8) is 0 Å². The van der Waals surface area contributed by atoms with Crippen molar-refractivity contribution in [1.82, 2.24) is 10.2 Å². The van der Waals surface area contributed by atoms with Gasteiger partial charge in [0, 0.05) is 24.3 Å². The van der Waals surface area contributed by atoms with E-state index in [1.807, 2.05) is 18.2 Å². The Balaban J connectivity index is 1.48. The number of nitrogens with one attached hydrogen (secondary N) is 2. The molecule has 0 spiro atoms. The van der Waals surface area contributed by atoms with Crippen LogP contribution in [0.4, 0.5) is 10.5 Å². The Morgan fingerprint density at radius 1 is 1.00 bits per heavy atom. The third-order valence-corrected chi connectivity index (χ3v) is 5.55. The molecule has 0 bridgehead atoms. The van der Waals surface area contributed by atoms with Gasteiger partial charge < -0.3 is 4.90 Å². The SMILES string of the molecule is CS(=O)(=O)Nc1ccc(C(=O)NC(=O)N2CCC(Cc3ccccc3)CC2)cc1. The largest absolute Gasteiger partial charge is 0.324 e. The molecule has 0 aliphatic carbocycles. The summed E-state index contributed by atoms with van der Waals surface area (Å²) in [5.74, 6) is 0.0272. The van der Waals surface area contributed by atoms with Crippen LogP contribution in [0, 0.1) is 5.92 Å². The van der Waals surface area contributed by atoms with Gasteiger partial charge in [0.05, 0.1) is 6.26 Å². The molecule has 154 valence electrons. The standard InChI is InChI=1S/C21H25N3O4S/c1-29(27,28)23-19-9-7-18(8-10-19)20(25)22-21(26)24-13-11-17(12-14-24)15-16-5-3-2-4-6-16/h2-10,17,23H,11-15H2,1H3,(H,22,25,26). The molecular formula is C21H25N3O4S. The van der Waals surface area contributed by atoms with Crippen LogP contribution in [0.25, 0.3) is 0 Å². The maximum atomic E-state index is 12.4. The van der Waals surface area contributed by atoms with Crippen molar-refractivity contribution in [1.29, 1.82) is 0 Å². The molecule has 0 aromatic heterocycles. The lowest BCUT2D eigenvalue weighted by atomic mass is 9.90. The number of likely N-dealkylation sites (tertiary alicyclic amines) is 1. The lowest BCUT2D eigenvalue weighted by molar-refractivity contribution is 0.0945. The monoisotopic (exact) mass is 415 g/mol. The average Bonchev–Trinajstić information content (AvgIpc) is 2.68. The zero-order chi connectivity index (χ0) is 20.9. The predicted molar refractivity (Wildman–Crippen MR) is 112 cm³/mol. The summed E-state index contributed by atoms with van der Waals surface area (Å²) in [4.78, 5) is 26.4. The molecule has 2 aromatic carbocycles. The third-order valence-electron chi connectivity index (χ3n) is 4.94. The molecule has 2 aromatic rings. The van der Waals surface area contributed by atoms with Gasteiger partial charge in [0.1, 0.15) is 0 Å². The van der Waals surface area contributed by atoms with E-state index in [1.165, 1.54) is 29.8 Å². The minimum Gasteiger partial charge on any atom is -0.324 e. The minimum atomic E-state index is -3.38. The first-order valence-electron chi connectivity index (χ1n) is 9.52. The Labute approximate surface area is 171 Å². The number of hydrogen-bond acceptors (Lipinski definition) is 4. The summed E-state index contributed by atoms with van der Waals surface area (Å²) in [5.41, 5.74) is 1.95. The van der Waals surface area contributed by atoms with E-state index < -0.39 is 22.0 Å². The van der Waals surface area contributed by atoms with Crippen LogP contribution in [0.5, 0.6) is 0 Å². The van der Waals surface area contributed by atoms with Crippen molar-refractivity contribution in [2.45, 2.75) is 19.3 Å². The molecule has 29 heavy (non-hydrogen) atoms. The second-order valence-corrected chi connectivity index (χ2v) is 9.08. The number of carbonyl (C=O) groups is 2. The Morgan fingerprint density at radius 3 is 2.21 bits per heavy atom. The van der Waals surface area contributed by atoms with E-state index in [1.54, 1.807) is 4.90 Å². The topological polar surface area (TPSA) is 95.6 Å². The molecule has 7 nitrogen and oxygen atoms in total. The summed E-state index contributed by atoms with van der Waals surface area (Å²) in [6.07, 6.45) is 3.86. The third kappa shape index (κ3) is 6.32. The molecule has 1 fully saturated rings. The Bertz CT molecular complexity index is 951. The van der Waals surface area contributed by atoms with Gasteiger partial charge in [0.2, 0.25) is 10.0 Å². The Hall–Kier alpha value is -2.87. The number of imide groups is 1. The van der Waals surface area contributed by atoms with Crippen LogP contribution >= 0.6 is 0 Å². The molecular weight excluding hydrogens is 390 g/mol. The van der Waals surface area contributed by atoms with Crippen molar-refractivity contribution < 1.29 is 18.0 Å². The van der Waals surface area contributed by atoms with Gasteiger partial charge in [0.25, 0.3) is 5.91 Å². The number of nitrogens with zero attached hydrogens (tertiary/aromatic N) is 1. The normalized spacial score (nSPS) is 15.0. The lowest BCUT2D eigenvalue weighted by Crippen LogP contribution is -2.46. The summed E-state index contributed by atoms with van der Waals surface area (Å²) < 4.78 is 24.8. The summed E-state index contributed by atoms with van der Waals surface area (Å²) in [6, 6.07) is 15.8. The average molecular weight is 416 g/mol. The van der Waals surface area contributed by atoms with Crippen LogP contribution in [0.15, 0.2) is 54.6 Å². The first-order valence-corrected chi connectivity index (χ1v) is 11.4. The molecule has 8 heteroatoms. The molecule has 1 saturated heterocycles. The molecule has 1 aliphatic heterocycles. The van der Waals surface area contributed by atoms with Crippen LogP contribution < -0.4 is 10.0 Å². The quantitative estimate of drug-likeness (QED) is 0.785. The van der Waals surface area contributed by atoms with E-state index in [9.17, 15) is 18.0 Å². The first kappa shape index (κ1) is 20.9. The molecule has 1 heterocycles. The summed E-state index contributed by atoms with van der Waals surface area (Å²) in [5, 5.41) is 2.41. The van der Waals surface area contributed by atoms with Crippen molar-refractivity contribution in [2.75, 3.05) is 24.1 Å². The number of hydrogen-bond donors (Lipinski definition) is 2. The summed E-state index contributed by atoms with van der Waals surface area (Å²) in [7, 11) is -3.38. The summed E-state index contributed by atoms with van der Waals surface area (Å²) >= 11 is 0. The molecule has 2 N–H and O–H groups in total. The number of rotatable bonds is 5. The highest BCUT2D eigenvalue weighted by Gasteiger charge is 2.24. The number of amides is 3. The van der Waals surface area contributed by atoms with E-state index in [4.69, 9.17) is 0 Å². The zero-order valence-corrected chi connectivity index (χ0v) is 17.1. The highest BCUT2D eigenvalue weighted by atomic mass is 32.2. The fourth-order valence-corrected chi connectivity index (χ4v) is 4.00. The second-order valence-electron chi connectivity index (χ2n) is 7.33. The fraction of sp³-hybridized carbons (Fsp3) is 0.333. The van der Waals surface area contributed by atoms with Crippen LogP contribution in [0.2, 0.25) is 0 Å². The van der Waals surface area contributed by atoms with Gasteiger partial charge in [0.15, 0.2) is 0 Å². The Morgan fingerprint density at radius 2 is 1.62 bits per heavy atom. The molecule has 1 aliphatic rings. The first-order chi connectivity index (χ1) is 13.8. The summed E-state index contributed by atoms with van der Waals surface area (Å²) in [6.45, 7) is 1.24. The van der Waals surface area contributed by atoms with Crippen molar-refractivity contribution in [3.05, 3.63) is 65.7 Å². The van der Waals surface area contributed by atoms with Crippen LogP contribution in [0.3, 0.4) is 0 Å². The van der Waals surface area contributed by atoms with E-state index in [2.05, 4.69) is 22.2 Å². The minimum absolute atomic E-state index is 0.288. The molecule has 0 radical (unpaired) electrons. The van der Waals surface area contributed by atoms with Gasteiger partial charge >= 0.3 is 6.03 Å². The van der Waals surface area contributed by atoms with Crippen molar-refractivity contribution in [2.24, 2.45) is 5.92 Å². The van der Waals surface area contributed by atoms with Crippen LogP contribution in [-0.2, 0) is 16.4 Å². The maximum absolute atomic E-state index is 12.4. The smallest absolute Gasteiger partial charge is 0.324 e. The van der Waals surface area contributed by atoms with Gasteiger partial charge in [-0.3, -0.25) is 14.8 Å². The molecule has 3 rings (SSSR count). The van der Waals surface area contributed by atoms with Crippen LogP contribution in [-0.4, -0.2) is 44.6 Å². The van der Waals surface area contributed by atoms with Crippen molar-refractivity contribution >= 4 is 27.6 Å². The van der Waals surface area contributed by atoms with Crippen LogP contribution in [0.1, 0.15) is 28.8 Å². The number of urea groups is 1. The molecule has 0 unspecified atom stereocenters.